The third-order valence-corrected chi connectivity index (χ3v) is 6.13. The molecule has 2 aromatic heterocycles. The summed E-state index contributed by atoms with van der Waals surface area (Å²) in [6, 6.07) is 23.3. The molecule has 1 amide bonds. The highest BCUT2D eigenvalue weighted by Gasteiger charge is 2.14. The van der Waals surface area contributed by atoms with Crippen molar-refractivity contribution in [2.45, 2.75) is 38.2 Å². The third kappa shape index (κ3) is 5.26. The molecule has 1 saturated carbocycles. The lowest BCUT2D eigenvalue weighted by Crippen LogP contribution is -2.29. The predicted octanol–water partition coefficient (Wildman–Crippen LogP) is 5.22. The van der Waals surface area contributed by atoms with Crippen LogP contribution < -0.4 is 10.6 Å². The molecule has 2 heterocycles. The number of ether oxygens (including phenoxy) is 1. The molecule has 0 aliphatic heterocycles. The first-order chi connectivity index (χ1) is 16.8. The van der Waals surface area contributed by atoms with Crippen molar-refractivity contribution in [3.63, 3.8) is 0 Å². The highest BCUT2D eigenvalue weighted by Crippen LogP contribution is 2.23. The Balaban J connectivity index is 1.23. The van der Waals surface area contributed by atoms with Crippen LogP contribution in [0.15, 0.2) is 72.8 Å². The first kappa shape index (κ1) is 22.1. The summed E-state index contributed by atoms with van der Waals surface area (Å²) in [6.07, 6.45) is 6.43. The van der Waals surface area contributed by atoms with Gasteiger partial charge in [-0.2, -0.15) is 4.98 Å². The van der Waals surface area contributed by atoms with E-state index in [1.807, 2.05) is 77.3 Å². The first-order valence-electron chi connectivity index (χ1n) is 11.9. The SMILES string of the molecule is O=C(NCCOC1CCCCC1)c1ccc(-c2cccc3nc(Nc4ccccc4)nn23)cc1. The molecule has 34 heavy (non-hydrogen) atoms. The highest BCUT2D eigenvalue weighted by molar-refractivity contribution is 5.94. The molecule has 0 atom stereocenters. The topological polar surface area (TPSA) is 80.5 Å². The number of amides is 1. The van der Waals surface area contributed by atoms with Crippen molar-refractivity contribution in [3.05, 3.63) is 78.4 Å². The van der Waals surface area contributed by atoms with Crippen LogP contribution in [0.2, 0.25) is 0 Å². The van der Waals surface area contributed by atoms with Crippen molar-refractivity contribution in [1.82, 2.24) is 19.9 Å². The molecule has 0 radical (unpaired) electrons. The number of para-hydroxylation sites is 1. The van der Waals surface area contributed by atoms with E-state index in [1.165, 1.54) is 19.3 Å². The summed E-state index contributed by atoms with van der Waals surface area (Å²) in [5.74, 6) is 0.442. The molecule has 5 rings (SSSR count). The molecule has 7 heteroatoms. The van der Waals surface area contributed by atoms with E-state index in [0.29, 0.717) is 30.8 Å². The molecule has 7 nitrogen and oxygen atoms in total. The number of hydrogen-bond acceptors (Lipinski definition) is 5. The Morgan fingerprint density at radius 3 is 2.53 bits per heavy atom. The molecule has 1 aliphatic rings. The second-order valence-electron chi connectivity index (χ2n) is 8.57. The lowest BCUT2D eigenvalue weighted by atomic mass is 9.98. The number of carbonyl (C=O) groups excluding carboxylic acids is 1. The Labute approximate surface area is 199 Å². The number of carbonyl (C=O) groups is 1. The van der Waals surface area contributed by atoms with Gasteiger partial charge in [0.15, 0.2) is 5.65 Å². The van der Waals surface area contributed by atoms with Crippen LogP contribution in [0.4, 0.5) is 11.6 Å². The number of fused-ring (bicyclic) bond motifs is 1. The van der Waals surface area contributed by atoms with Crippen molar-refractivity contribution in [2.24, 2.45) is 0 Å². The highest BCUT2D eigenvalue weighted by atomic mass is 16.5. The number of nitrogens with one attached hydrogen (secondary N) is 2. The van der Waals surface area contributed by atoms with Gasteiger partial charge >= 0.3 is 0 Å². The Morgan fingerprint density at radius 2 is 1.74 bits per heavy atom. The van der Waals surface area contributed by atoms with Crippen molar-refractivity contribution >= 4 is 23.2 Å². The third-order valence-electron chi connectivity index (χ3n) is 6.13. The van der Waals surface area contributed by atoms with E-state index < -0.39 is 0 Å². The maximum Gasteiger partial charge on any atom is 0.251 e. The Morgan fingerprint density at radius 1 is 0.941 bits per heavy atom. The normalized spacial score (nSPS) is 14.2. The number of nitrogens with zero attached hydrogens (tertiary/aromatic N) is 3. The van der Waals surface area contributed by atoms with Crippen LogP contribution in [-0.2, 0) is 4.74 Å². The van der Waals surface area contributed by atoms with Crippen molar-refractivity contribution in [2.75, 3.05) is 18.5 Å². The van der Waals surface area contributed by atoms with E-state index in [4.69, 9.17) is 4.74 Å². The van der Waals surface area contributed by atoms with E-state index >= 15 is 0 Å². The van der Waals surface area contributed by atoms with E-state index in [9.17, 15) is 4.79 Å². The van der Waals surface area contributed by atoms with E-state index in [0.717, 1.165) is 35.4 Å². The van der Waals surface area contributed by atoms with Crippen molar-refractivity contribution in [1.29, 1.82) is 0 Å². The summed E-state index contributed by atoms with van der Waals surface area (Å²) in [7, 11) is 0. The number of hydrogen-bond donors (Lipinski definition) is 2. The molecular weight excluding hydrogens is 426 g/mol. The first-order valence-corrected chi connectivity index (χ1v) is 11.9. The van der Waals surface area contributed by atoms with Gasteiger partial charge < -0.3 is 15.4 Å². The number of pyridine rings is 1. The predicted molar refractivity (Wildman–Crippen MR) is 133 cm³/mol. The average Bonchev–Trinajstić information content (AvgIpc) is 3.30. The van der Waals surface area contributed by atoms with Gasteiger partial charge in [0.05, 0.1) is 18.4 Å². The van der Waals surface area contributed by atoms with Gasteiger partial charge in [0.25, 0.3) is 5.91 Å². The number of anilines is 2. The molecule has 2 aromatic carbocycles. The van der Waals surface area contributed by atoms with E-state index in [2.05, 4.69) is 20.7 Å². The molecule has 0 bridgehead atoms. The average molecular weight is 456 g/mol. The molecule has 4 aromatic rings. The fourth-order valence-electron chi connectivity index (χ4n) is 4.34. The van der Waals surface area contributed by atoms with Crippen molar-refractivity contribution < 1.29 is 9.53 Å². The zero-order chi connectivity index (χ0) is 23.2. The summed E-state index contributed by atoms with van der Waals surface area (Å²) in [5.41, 5.74) is 4.16. The minimum atomic E-state index is -0.0906. The molecule has 1 aliphatic carbocycles. The van der Waals surface area contributed by atoms with Gasteiger partial charge in [0.1, 0.15) is 0 Å². The van der Waals surface area contributed by atoms with E-state index in [1.54, 1.807) is 0 Å². The smallest absolute Gasteiger partial charge is 0.251 e. The summed E-state index contributed by atoms with van der Waals surface area (Å²) in [4.78, 5) is 17.1. The second kappa shape index (κ2) is 10.5. The molecule has 0 unspecified atom stereocenters. The number of aromatic nitrogens is 3. The van der Waals surface area contributed by atoms with Crippen LogP contribution in [0.3, 0.4) is 0 Å². The van der Waals surface area contributed by atoms with Crippen LogP contribution in [0, 0.1) is 0 Å². The van der Waals surface area contributed by atoms with Crippen LogP contribution >= 0.6 is 0 Å². The fourth-order valence-corrected chi connectivity index (χ4v) is 4.34. The minimum absolute atomic E-state index is 0.0906. The van der Waals surface area contributed by atoms with Crippen LogP contribution in [-0.4, -0.2) is 39.8 Å². The van der Waals surface area contributed by atoms with Gasteiger partial charge in [-0.15, -0.1) is 5.10 Å². The van der Waals surface area contributed by atoms with E-state index in [-0.39, 0.29) is 5.91 Å². The van der Waals surface area contributed by atoms with Crippen LogP contribution in [0.1, 0.15) is 42.5 Å². The maximum absolute atomic E-state index is 12.5. The van der Waals surface area contributed by atoms with Gasteiger partial charge in [0, 0.05) is 23.4 Å². The molecule has 174 valence electrons. The largest absolute Gasteiger partial charge is 0.376 e. The lowest BCUT2D eigenvalue weighted by Gasteiger charge is -2.22. The van der Waals surface area contributed by atoms with Gasteiger partial charge in [-0.1, -0.05) is 55.7 Å². The standard InChI is InChI=1S/C27H29N5O2/c33-26(28-18-19-34-23-10-5-2-6-11-23)21-16-14-20(15-17-21)24-12-7-13-25-30-27(31-32(24)25)29-22-8-3-1-4-9-22/h1,3-4,7-9,12-17,23H,2,5-6,10-11,18-19H2,(H,28,33)(H,29,31). The van der Waals surface area contributed by atoms with Gasteiger partial charge in [-0.05, 0) is 49.2 Å². The minimum Gasteiger partial charge on any atom is -0.376 e. The van der Waals surface area contributed by atoms with Gasteiger partial charge in [-0.25, -0.2) is 4.52 Å². The summed E-state index contributed by atoms with van der Waals surface area (Å²) in [6.45, 7) is 1.08. The lowest BCUT2D eigenvalue weighted by molar-refractivity contribution is 0.0299. The van der Waals surface area contributed by atoms with Crippen molar-refractivity contribution in [3.8, 4) is 11.3 Å². The quantitative estimate of drug-likeness (QED) is 0.356. The molecular formula is C27H29N5O2. The second-order valence-corrected chi connectivity index (χ2v) is 8.57. The molecule has 2 N–H and O–H groups in total. The van der Waals surface area contributed by atoms with Crippen LogP contribution in [0.5, 0.6) is 0 Å². The summed E-state index contributed by atoms with van der Waals surface area (Å²) < 4.78 is 7.70. The summed E-state index contributed by atoms with van der Waals surface area (Å²) in [5, 5.41) is 10.8. The molecule has 0 saturated heterocycles. The zero-order valence-corrected chi connectivity index (χ0v) is 19.1. The Bertz CT molecular complexity index is 1230. The maximum atomic E-state index is 12.5. The Kier molecular flexibility index (Phi) is 6.81. The number of rotatable bonds is 8. The Hall–Kier alpha value is -3.71. The summed E-state index contributed by atoms with van der Waals surface area (Å²) >= 11 is 0. The van der Waals surface area contributed by atoms with Gasteiger partial charge in [-0.3, -0.25) is 4.79 Å². The van der Waals surface area contributed by atoms with Crippen LogP contribution in [0.25, 0.3) is 16.9 Å². The zero-order valence-electron chi connectivity index (χ0n) is 19.1. The molecule has 0 spiro atoms. The molecule has 1 fully saturated rings. The fraction of sp³-hybridized carbons (Fsp3) is 0.296. The number of benzene rings is 2. The monoisotopic (exact) mass is 455 g/mol. The van der Waals surface area contributed by atoms with Gasteiger partial charge in [0.2, 0.25) is 5.95 Å².